The largest absolute Gasteiger partial charge is 0.346 e. The third-order valence-corrected chi connectivity index (χ3v) is 6.29. The van der Waals surface area contributed by atoms with Gasteiger partial charge in [0.2, 0.25) is 5.91 Å². The summed E-state index contributed by atoms with van der Waals surface area (Å²) in [5.74, 6) is 0.558. The second-order valence-corrected chi connectivity index (χ2v) is 7.99. The summed E-state index contributed by atoms with van der Waals surface area (Å²) in [6, 6.07) is 11.5. The van der Waals surface area contributed by atoms with E-state index in [-0.39, 0.29) is 5.92 Å². The van der Waals surface area contributed by atoms with Crippen LogP contribution in [0.15, 0.2) is 30.3 Å². The van der Waals surface area contributed by atoms with Crippen molar-refractivity contribution in [3.63, 3.8) is 0 Å². The average molecular weight is 358 g/mol. The number of amides is 1. The summed E-state index contributed by atoms with van der Waals surface area (Å²) in [6.07, 6.45) is 5.88. The Morgan fingerprint density at radius 3 is 2.54 bits per heavy atom. The van der Waals surface area contributed by atoms with E-state index in [9.17, 15) is 4.79 Å². The van der Waals surface area contributed by atoms with E-state index >= 15 is 0 Å². The van der Waals surface area contributed by atoms with Gasteiger partial charge < -0.3 is 9.80 Å². The second-order valence-electron chi connectivity index (χ2n) is 7.99. The summed E-state index contributed by atoms with van der Waals surface area (Å²) in [5.41, 5.74) is 1.44. The van der Waals surface area contributed by atoms with E-state index < -0.39 is 0 Å². The van der Waals surface area contributed by atoms with Crippen LogP contribution in [0.4, 0.5) is 0 Å². The average Bonchev–Trinajstić information content (AvgIpc) is 2.72. The maximum atomic E-state index is 12.5. The van der Waals surface area contributed by atoms with Crippen molar-refractivity contribution in [1.82, 2.24) is 14.7 Å². The molecule has 1 amide bonds. The van der Waals surface area contributed by atoms with Gasteiger partial charge in [-0.05, 0) is 64.2 Å². The zero-order valence-corrected chi connectivity index (χ0v) is 16.6. The zero-order chi connectivity index (χ0) is 18.4. The lowest BCUT2D eigenvalue weighted by Gasteiger charge is -2.42. The van der Waals surface area contributed by atoms with Crippen molar-refractivity contribution in [2.75, 3.05) is 46.3 Å². The number of nitrogens with zero attached hydrogens (tertiary/aromatic N) is 3. The first-order chi connectivity index (χ1) is 12.7. The normalized spacial score (nSPS) is 23.1. The molecular formula is C22H35N3O. The van der Waals surface area contributed by atoms with Crippen LogP contribution in [0.1, 0.15) is 38.2 Å². The van der Waals surface area contributed by atoms with E-state index in [4.69, 9.17) is 0 Å². The molecule has 1 atom stereocenters. The van der Waals surface area contributed by atoms with Gasteiger partial charge in [-0.3, -0.25) is 9.69 Å². The second kappa shape index (κ2) is 9.52. The molecule has 4 nitrogen and oxygen atoms in total. The van der Waals surface area contributed by atoms with E-state index in [1.807, 2.05) is 11.9 Å². The number of rotatable bonds is 6. The van der Waals surface area contributed by atoms with Gasteiger partial charge in [-0.15, -0.1) is 0 Å². The van der Waals surface area contributed by atoms with E-state index in [0.29, 0.717) is 11.9 Å². The quantitative estimate of drug-likeness (QED) is 0.783. The Bertz CT molecular complexity index is 554. The Balaban J connectivity index is 1.43. The van der Waals surface area contributed by atoms with Crippen LogP contribution >= 0.6 is 0 Å². The fraction of sp³-hybridized carbons (Fsp3) is 0.682. The summed E-state index contributed by atoms with van der Waals surface area (Å²) < 4.78 is 0. The fourth-order valence-corrected chi connectivity index (χ4v) is 4.45. The van der Waals surface area contributed by atoms with Crippen LogP contribution in [0.5, 0.6) is 0 Å². The van der Waals surface area contributed by atoms with Crippen LogP contribution in [0, 0.1) is 5.92 Å². The van der Waals surface area contributed by atoms with Crippen molar-refractivity contribution >= 4 is 5.91 Å². The predicted molar refractivity (Wildman–Crippen MR) is 107 cm³/mol. The molecular weight excluding hydrogens is 322 g/mol. The summed E-state index contributed by atoms with van der Waals surface area (Å²) in [4.78, 5) is 19.6. The highest BCUT2D eigenvalue weighted by Gasteiger charge is 2.32. The lowest BCUT2D eigenvalue weighted by atomic mass is 9.93. The first-order valence-corrected chi connectivity index (χ1v) is 10.4. The summed E-state index contributed by atoms with van der Waals surface area (Å²) in [6.45, 7) is 8.58. The van der Waals surface area contributed by atoms with Crippen molar-refractivity contribution in [1.29, 1.82) is 0 Å². The highest BCUT2D eigenvalue weighted by atomic mass is 16.2. The molecule has 0 saturated carbocycles. The third-order valence-electron chi connectivity index (χ3n) is 6.29. The molecule has 144 valence electrons. The van der Waals surface area contributed by atoms with Gasteiger partial charge in [0.05, 0.1) is 5.92 Å². The van der Waals surface area contributed by atoms with Crippen molar-refractivity contribution in [2.24, 2.45) is 5.92 Å². The van der Waals surface area contributed by atoms with Crippen molar-refractivity contribution in [3.8, 4) is 0 Å². The van der Waals surface area contributed by atoms with Gasteiger partial charge in [0.1, 0.15) is 0 Å². The van der Waals surface area contributed by atoms with Crippen LogP contribution < -0.4 is 0 Å². The highest BCUT2D eigenvalue weighted by molar-refractivity contribution is 5.78. The van der Waals surface area contributed by atoms with Gasteiger partial charge >= 0.3 is 0 Å². The first-order valence-electron chi connectivity index (χ1n) is 10.4. The van der Waals surface area contributed by atoms with Crippen LogP contribution in [0.3, 0.4) is 0 Å². The molecule has 0 N–H and O–H groups in total. The maximum Gasteiger partial charge on any atom is 0.226 e. The van der Waals surface area contributed by atoms with Crippen molar-refractivity contribution < 1.29 is 4.79 Å². The molecule has 0 spiro atoms. The number of hydrogen-bond acceptors (Lipinski definition) is 3. The number of carbonyl (C=O) groups is 1. The van der Waals surface area contributed by atoms with Crippen LogP contribution in [-0.4, -0.2) is 73.0 Å². The van der Waals surface area contributed by atoms with Gasteiger partial charge in [0, 0.05) is 32.7 Å². The Hall–Kier alpha value is -1.39. The Kier molecular flexibility index (Phi) is 7.09. The molecule has 1 aromatic carbocycles. The minimum Gasteiger partial charge on any atom is -0.346 e. The first kappa shape index (κ1) is 19.4. The standard InChI is InChI=1S/C22H35N3O/c1-3-23(2)22(26)20-10-7-14-25(18-20)21-12-16-24(17-13-21)15-11-19-8-5-4-6-9-19/h4-6,8-9,20-21H,3,7,10-18H2,1-2H3. The van der Waals surface area contributed by atoms with Gasteiger partial charge in [-0.25, -0.2) is 0 Å². The summed E-state index contributed by atoms with van der Waals surface area (Å²) in [7, 11) is 1.94. The Labute approximate surface area is 159 Å². The molecule has 2 aliphatic rings. The molecule has 1 aromatic rings. The minimum absolute atomic E-state index is 0.213. The summed E-state index contributed by atoms with van der Waals surface area (Å²) in [5, 5.41) is 0. The number of carbonyl (C=O) groups excluding carboxylic acids is 1. The molecule has 2 fully saturated rings. The predicted octanol–water partition coefficient (Wildman–Crippen LogP) is 2.88. The third kappa shape index (κ3) is 5.08. The maximum absolute atomic E-state index is 12.5. The lowest BCUT2D eigenvalue weighted by molar-refractivity contribution is -0.136. The molecule has 2 heterocycles. The molecule has 26 heavy (non-hydrogen) atoms. The van der Waals surface area contributed by atoms with E-state index in [1.54, 1.807) is 0 Å². The molecule has 0 aliphatic carbocycles. The minimum atomic E-state index is 0.213. The Morgan fingerprint density at radius 2 is 1.85 bits per heavy atom. The fourth-order valence-electron chi connectivity index (χ4n) is 4.45. The molecule has 4 heteroatoms. The van der Waals surface area contributed by atoms with Gasteiger partial charge in [-0.2, -0.15) is 0 Å². The molecule has 2 aliphatic heterocycles. The van der Waals surface area contributed by atoms with Crippen molar-refractivity contribution in [3.05, 3.63) is 35.9 Å². The van der Waals surface area contributed by atoms with Crippen LogP contribution in [0.25, 0.3) is 0 Å². The van der Waals surface area contributed by atoms with E-state index in [1.165, 1.54) is 51.0 Å². The molecule has 1 unspecified atom stereocenters. The molecule has 3 rings (SSSR count). The lowest BCUT2D eigenvalue weighted by Crippen LogP contribution is -2.51. The molecule has 0 aromatic heterocycles. The van der Waals surface area contributed by atoms with Gasteiger partial charge in [0.25, 0.3) is 0 Å². The SMILES string of the molecule is CCN(C)C(=O)C1CCCN(C2CCN(CCc3ccccc3)CC2)C1. The molecule has 0 radical (unpaired) electrons. The van der Waals surface area contributed by atoms with E-state index in [2.05, 4.69) is 47.1 Å². The number of piperidine rings is 2. The zero-order valence-electron chi connectivity index (χ0n) is 16.6. The smallest absolute Gasteiger partial charge is 0.226 e. The van der Waals surface area contributed by atoms with Gasteiger partial charge in [0.15, 0.2) is 0 Å². The molecule has 2 saturated heterocycles. The van der Waals surface area contributed by atoms with Crippen LogP contribution in [0.2, 0.25) is 0 Å². The monoisotopic (exact) mass is 357 g/mol. The number of benzene rings is 1. The highest BCUT2D eigenvalue weighted by Crippen LogP contribution is 2.25. The Morgan fingerprint density at radius 1 is 1.12 bits per heavy atom. The molecule has 0 bridgehead atoms. The van der Waals surface area contributed by atoms with Gasteiger partial charge in [-0.1, -0.05) is 30.3 Å². The number of likely N-dealkylation sites (tertiary alicyclic amines) is 2. The number of hydrogen-bond donors (Lipinski definition) is 0. The van der Waals surface area contributed by atoms with E-state index in [0.717, 1.165) is 25.9 Å². The summed E-state index contributed by atoms with van der Waals surface area (Å²) >= 11 is 0. The topological polar surface area (TPSA) is 26.8 Å². The van der Waals surface area contributed by atoms with Crippen LogP contribution in [-0.2, 0) is 11.2 Å². The van der Waals surface area contributed by atoms with Crippen molar-refractivity contribution in [2.45, 2.75) is 45.1 Å².